The van der Waals surface area contributed by atoms with Crippen LogP contribution in [0.4, 0.5) is 5.69 Å². The normalized spacial score (nSPS) is 10.7. The minimum absolute atomic E-state index is 0.206. The first-order valence-corrected chi connectivity index (χ1v) is 9.26. The highest BCUT2D eigenvalue weighted by Crippen LogP contribution is 2.17. The molecule has 144 valence electrons. The van der Waals surface area contributed by atoms with Crippen molar-refractivity contribution in [3.8, 4) is 0 Å². The van der Waals surface area contributed by atoms with Crippen molar-refractivity contribution in [3.05, 3.63) is 102 Å². The number of aromatic nitrogens is 2. The first-order valence-electron chi connectivity index (χ1n) is 9.26. The summed E-state index contributed by atoms with van der Waals surface area (Å²) in [4.78, 5) is 31.9. The maximum absolute atomic E-state index is 13.1. The summed E-state index contributed by atoms with van der Waals surface area (Å²) in [7, 11) is 1.73. The Bertz CT molecular complexity index is 1150. The van der Waals surface area contributed by atoms with Crippen LogP contribution in [0.3, 0.4) is 0 Å². The maximum Gasteiger partial charge on any atom is 0.290 e. The van der Waals surface area contributed by atoms with Gasteiger partial charge >= 0.3 is 0 Å². The van der Waals surface area contributed by atoms with Gasteiger partial charge in [0.25, 0.3) is 11.8 Å². The van der Waals surface area contributed by atoms with E-state index in [-0.39, 0.29) is 23.3 Å². The quantitative estimate of drug-likeness (QED) is 0.568. The number of para-hydroxylation sites is 1. The fraction of sp³-hybridized carbons (Fsp3) is 0.0870. The first-order chi connectivity index (χ1) is 14.1. The van der Waals surface area contributed by atoms with Gasteiger partial charge < -0.3 is 10.2 Å². The van der Waals surface area contributed by atoms with E-state index in [1.54, 1.807) is 40.7 Å². The van der Waals surface area contributed by atoms with Crippen LogP contribution in [-0.2, 0) is 6.54 Å². The molecular weight excluding hydrogens is 364 g/mol. The molecular formula is C23H20N4O2. The van der Waals surface area contributed by atoms with Gasteiger partial charge in [0.05, 0.1) is 5.52 Å². The smallest absolute Gasteiger partial charge is 0.290 e. The van der Waals surface area contributed by atoms with Crippen molar-refractivity contribution in [2.45, 2.75) is 6.54 Å². The van der Waals surface area contributed by atoms with Crippen LogP contribution >= 0.6 is 0 Å². The predicted molar refractivity (Wildman–Crippen MR) is 112 cm³/mol. The lowest BCUT2D eigenvalue weighted by atomic mass is 10.2. The van der Waals surface area contributed by atoms with Crippen molar-refractivity contribution in [1.82, 2.24) is 14.3 Å². The average molecular weight is 384 g/mol. The molecule has 2 aromatic carbocycles. The minimum atomic E-state index is -0.357. The predicted octanol–water partition coefficient (Wildman–Crippen LogP) is 3.86. The van der Waals surface area contributed by atoms with E-state index in [1.807, 2.05) is 60.7 Å². The lowest BCUT2D eigenvalue weighted by Gasteiger charge is -2.16. The molecule has 29 heavy (non-hydrogen) atoms. The highest BCUT2D eigenvalue weighted by Gasteiger charge is 2.23. The van der Waals surface area contributed by atoms with Gasteiger partial charge in [0.1, 0.15) is 0 Å². The Labute approximate surface area is 168 Å². The molecule has 0 atom stereocenters. The zero-order chi connectivity index (χ0) is 20.2. The summed E-state index contributed by atoms with van der Waals surface area (Å²) in [6.07, 6.45) is 1.74. The Balaban J connectivity index is 1.65. The largest absolute Gasteiger partial charge is 0.335 e. The zero-order valence-corrected chi connectivity index (χ0v) is 15.9. The highest BCUT2D eigenvalue weighted by molar-refractivity contribution is 6.08. The van der Waals surface area contributed by atoms with Gasteiger partial charge in [-0.25, -0.2) is 4.98 Å². The molecule has 2 heterocycles. The summed E-state index contributed by atoms with van der Waals surface area (Å²) in [5.74, 6) is -0.407. The number of amides is 2. The third-order valence-corrected chi connectivity index (χ3v) is 4.60. The van der Waals surface area contributed by atoms with Gasteiger partial charge in [0.2, 0.25) is 5.82 Å². The number of nitrogens with one attached hydrogen (secondary N) is 1. The third kappa shape index (κ3) is 3.87. The van der Waals surface area contributed by atoms with Crippen LogP contribution in [0.15, 0.2) is 85.1 Å². The summed E-state index contributed by atoms with van der Waals surface area (Å²) < 4.78 is 1.66. The third-order valence-electron chi connectivity index (χ3n) is 4.60. The van der Waals surface area contributed by atoms with E-state index in [2.05, 4.69) is 10.3 Å². The second kappa shape index (κ2) is 7.98. The molecule has 0 spiro atoms. The van der Waals surface area contributed by atoms with Crippen LogP contribution in [0.2, 0.25) is 0 Å². The van der Waals surface area contributed by atoms with Gasteiger partial charge in [-0.05, 0) is 29.8 Å². The average Bonchev–Trinajstić information content (AvgIpc) is 3.14. The second-order valence-electron chi connectivity index (χ2n) is 6.71. The number of rotatable bonds is 5. The molecule has 0 fully saturated rings. The SMILES string of the molecule is CN(Cc1ccccc1)C(=O)c1nc(C(=O)Nc2ccccc2)c2ccccn12. The van der Waals surface area contributed by atoms with Crippen LogP contribution in [-0.4, -0.2) is 33.1 Å². The topological polar surface area (TPSA) is 66.7 Å². The van der Waals surface area contributed by atoms with E-state index in [0.29, 0.717) is 17.7 Å². The molecule has 2 aromatic heterocycles. The van der Waals surface area contributed by atoms with E-state index in [0.717, 1.165) is 5.56 Å². The first kappa shape index (κ1) is 18.4. The maximum atomic E-state index is 13.1. The number of anilines is 1. The monoisotopic (exact) mass is 384 g/mol. The standard InChI is InChI=1S/C23H20N4O2/c1-26(16-17-10-4-2-5-11-17)23(29)21-25-20(19-14-8-9-15-27(19)21)22(28)24-18-12-6-3-7-13-18/h2-15H,16H2,1H3,(H,24,28). The molecule has 2 amide bonds. The lowest BCUT2D eigenvalue weighted by Crippen LogP contribution is -2.28. The number of hydrogen-bond donors (Lipinski definition) is 1. The molecule has 4 aromatic rings. The van der Waals surface area contributed by atoms with Crippen LogP contribution in [0.5, 0.6) is 0 Å². The molecule has 0 bridgehead atoms. The summed E-state index contributed by atoms with van der Waals surface area (Å²) in [6.45, 7) is 0.451. The molecule has 0 unspecified atom stereocenters. The van der Waals surface area contributed by atoms with Crippen LogP contribution in [0, 0.1) is 0 Å². The Morgan fingerprint density at radius 1 is 0.931 bits per heavy atom. The van der Waals surface area contributed by atoms with Gasteiger partial charge in [-0.3, -0.25) is 14.0 Å². The van der Waals surface area contributed by atoms with E-state index in [1.165, 1.54) is 0 Å². The Morgan fingerprint density at radius 2 is 1.59 bits per heavy atom. The van der Waals surface area contributed by atoms with E-state index in [9.17, 15) is 9.59 Å². The minimum Gasteiger partial charge on any atom is -0.335 e. The fourth-order valence-electron chi connectivity index (χ4n) is 3.17. The van der Waals surface area contributed by atoms with E-state index in [4.69, 9.17) is 0 Å². The lowest BCUT2D eigenvalue weighted by molar-refractivity contribution is 0.0772. The molecule has 0 aliphatic rings. The van der Waals surface area contributed by atoms with Crippen LogP contribution in [0.25, 0.3) is 5.52 Å². The molecule has 0 saturated carbocycles. The van der Waals surface area contributed by atoms with E-state index >= 15 is 0 Å². The number of pyridine rings is 1. The summed E-state index contributed by atoms with van der Waals surface area (Å²) in [6, 6.07) is 24.3. The van der Waals surface area contributed by atoms with Crippen molar-refractivity contribution in [1.29, 1.82) is 0 Å². The number of imidazole rings is 1. The van der Waals surface area contributed by atoms with Gasteiger partial charge in [-0.1, -0.05) is 54.6 Å². The summed E-state index contributed by atoms with van der Waals surface area (Å²) in [5, 5.41) is 2.83. The van der Waals surface area contributed by atoms with Gasteiger partial charge in [0.15, 0.2) is 5.69 Å². The fourth-order valence-corrected chi connectivity index (χ4v) is 3.17. The van der Waals surface area contributed by atoms with Crippen molar-refractivity contribution in [2.24, 2.45) is 0 Å². The molecule has 1 N–H and O–H groups in total. The molecule has 0 aliphatic heterocycles. The highest BCUT2D eigenvalue weighted by atomic mass is 16.2. The summed E-state index contributed by atoms with van der Waals surface area (Å²) >= 11 is 0. The van der Waals surface area contributed by atoms with Crippen LogP contribution in [0.1, 0.15) is 26.7 Å². The van der Waals surface area contributed by atoms with E-state index < -0.39 is 0 Å². The Kier molecular flexibility index (Phi) is 5.07. The molecule has 6 nitrogen and oxygen atoms in total. The molecule has 6 heteroatoms. The second-order valence-corrected chi connectivity index (χ2v) is 6.71. The van der Waals surface area contributed by atoms with Crippen molar-refractivity contribution < 1.29 is 9.59 Å². The van der Waals surface area contributed by atoms with Gasteiger partial charge in [-0.2, -0.15) is 0 Å². The van der Waals surface area contributed by atoms with Crippen LogP contribution < -0.4 is 5.32 Å². The number of fused-ring (bicyclic) bond motifs is 1. The number of carbonyl (C=O) groups is 2. The molecule has 4 rings (SSSR count). The Hall–Kier alpha value is -3.93. The number of carbonyl (C=O) groups excluding carboxylic acids is 2. The van der Waals surface area contributed by atoms with Gasteiger partial charge in [0, 0.05) is 25.5 Å². The number of nitrogens with zero attached hydrogens (tertiary/aromatic N) is 3. The number of benzene rings is 2. The molecule has 0 aliphatic carbocycles. The molecule has 0 radical (unpaired) electrons. The van der Waals surface area contributed by atoms with Crippen molar-refractivity contribution >= 4 is 23.0 Å². The molecule has 0 saturated heterocycles. The Morgan fingerprint density at radius 3 is 2.31 bits per heavy atom. The van der Waals surface area contributed by atoms with Crippen molar-refractivity contribution in [3.63, 3.8) is 0 Å². The zero-order valence-electron chi connectivity index (χ0n) is 15.9. The van der Waals surface area contributed by atoms with Crippen molar-refractivity contribution in [2.75, 3.05) is 12.4 Å². The summed E-state index contributed by atoms with van der Waals surface area (Å²) in [5.41, 5.74) is 2.48. The van der Waals surface area contributed by atoms with Gasteiger partial charge in [-0.15, -0.1) is 0 Å². The number of hydrogen-bond acceptors (Lipinski definition) is 3.